The minimum absolute atomic E-state index is 0.247. The number of carbonyl (C=O) groups is 1. The van der Waals surface area contributed by atoms with Gasteiger partial charge in [-0.25, -0.2) is 14.6 Å². The molecule has 1 heterocycles. The summed E-state index contributed by atoms with van der Waals surface area (Å²) in [5.74, 6) is 1.35. The Bertz CT molecular complexity index is 965. The zero-order chi connectivity index (χ0) is 17.1. The van der Waals surface area contributed by atoms with Crippen molar-refractivity contribution in [3.63, 3.8) is 0 Å². The van der Waals surface area contributed by atoms with Crippen LogP contribution in [0.25, 0.3) is 22.4 Å². The van der Waals surface area contributed by atoms with Crippen LogP contribution in [0.4, 0.5) is 4.79 Å². The number of para-hydroxylation sites is 1. The third kappa shape index (κ3) is 3.33. The van der Waals surface area contributed by atoms with Crippen molar-refractivity contribution in [1.82, 2.24) is 4.98 Å². The molecule has 0 unspecified atom stereocenters. The van der Waals surface area contributed by atoms with Crippen molar-refractivity contribution in [2.75, 3.05) is 5.75 Å². The standard InChI is InChI=1S/C18H15NO4S/c1-3-24-18(21)22-12-8-9-13(11(2)10-12)16-19-15-7-5-4-6-14(15)17(20)23-16/h4-10H,3H2,1-2H3. The molecule has 0 saturated heterocycles. The maximum Gasteiger partial charge on any atom is 0.372 e. The number of ether oxygens (including phenoxy) is 1. The Labute approximate surface area is 142 Å². The van der Waals surface area contributed by atoms with E-state index in [-0.39, 0.29) is 11.2 Å². The van der Waals surface area contributed by atoms with Crippen molar-refractivity contribution in [3.8, 4) is 17.2 Å². The number of nitrogens with zero attached hydrogens (tertiary/aromatic N) is 1. The van der Waals surface area contributed by atoms with Gasteiger partial charge in [0.05, 0.1) is 10.9 Å². The summed E-state index contributed by atoms with van der Waals surface area (Å²) in [7, 11) is 0. The highest BCUT2D eigenvalue weighted by Crippen LogP contribution is 2.26. The molecule has 5 nitrogen and oxygen atoms in total. The van der Waals surface area contributed by atoms with E-state index in [0.717, 1.165) is 17.3 Å². The first-order valence-electron chi connectivity index (χ1n) is 7.44. The lowest BCUT2D eigenvalue weighted by Crippen LogP contribution is -2.04. The van der Waals surface area contributed by atoms with Gasteiger partial charge in [0.25, 0.3) is 0 Å². The molecule has 1 aromatic heterocycles. The van der Waals surface area contributed by atoms with Gasteiger partial charge in [0.2, 0.25) is 5.89 Å². The average molecular weight is 341 g/mol. The number of rotatable bonds is 3. The summed E-state index contributed by atoms with van der Waals surface area (Å²) in [5.41, 5.74) is 1.64. The van der Waals surface area contributed by atoms with Crippen LogP contribution in [-0.4, -0.2) is 16.0 Å². The smallest absolute Gasteiger partial charge is 0.372 e. The SMILES string of the molecule is CCSC(=O)Oc1ccc(-c2nc3ccccc3c(=O)o2)c(C)c1. The lowest BCUT2D eigenvalue weighted by molar-refractivity contribution is 0.227. The molecule has 0 aliphatic heterocycles. The van der Waals surface area contributed by atoms with Gasteiger partial charge in [-0.3, -0.25) is 0 Å². The van der Waals surface area contributed by atoms with Gasteiger partial charge >= 0.3 is 10.9 Å². The Morgan fingerprint density at radius 2 is 2.04 bits per heavy atom. The summed E-state index contributed by atoms with van der Waals surface area (Å²) >= 11 is 1.10. The minimum atomic E-state index is -0.426. The van der Waals surface area contributed by atoms with E-state index in [4.69, 9.17) is 9.15 Å². The van der Waals surface area contributed by atoms with Crippen molar-refractivity contribution in [1.29, 1.82) is 0 Å². The molecule has 0 spiro atoms. The van der Waals surface area contributed by atoms with Crippen molar-refractivity contribution in [2.24, 2.45) is 0 Å². The first-order valence-corrected chi connectivity index (χ1v) is 8.42. The number of hydrogen-bond donors (Lipinski definition) is 0. The van der Waals surface area contributed by atoms with E-state index < -0.39 is 5.63 Å². The van der Waals surface area contributed by atoms with Crippen LogP contribution in [0, 0.1) is 6.92 Å². The number of thioether (sulfide) groups is 1. The van der Waals surface area contributed by atoms with Gasteiger partial charge in [-0.1, -0.05) is 19.1 Å². The summed E-state index contributed by atoms with van der Waals surface area (Å²) in [6, 6.07) is 12.1. The van der Waals surface area contributed by atoms with Crippen molar-refractivity contribution in [2.45, 2.75) is 13.8 Å². The number of aromatic nitrogens is 1. The molecule has 0 N–H and O–H groups in total. The molecule has 122 valence electrons. The topological polar surface area (TPSA) is 69.4 Å². The number of carbonyl (C=O) groups excluding carboxylic acids is 1. The van der Waals surface area contributed by atoms with Crippen LogP contribution in [0.15, 0.2) is 51.7 Å². The van der Waals surface area contributed by atoms with Gasteiger partial charge in [-0.05, 0) is 54.6 Å². The van der Waals surface area contributed by atoms with Crippen LogP contribution < -0.4 is 10.4 Å². The maximum absolute atomic E-state index is 12.1. The normalized spacial score (nSPS) is 10.8. The molecule has 0 radical (unpaired) electrons. The Hall–Kier alpha value is -2.60. The molecule has 0 fully saturated rings. The van der Waals surface area contributed by atoms with Gasteiger partial charge in [0.15, 0.2) is 0 Å². The monoisotopic (exact) mass is 341 g/mol. The second-order valence-electron chi connectivity index (χ2n) is 5.09. The van der Waals surface area contributed by atoms with Gasteiger partial charge in [0.1, 0.15) is 5.75 Å². The lowest BCUT2D eigenvalue weighted by atomic mass is 10.1. The van der Waals surface area contributed by atoms with Crippen LogP contribution in [0.2, 0.25) is 0 Å². The fourth-order valence-electron chi connectivity index (χ4n) is 2.32. The average Bonchev–Trinajstić information content (AvgIpc) is 2.55. The molecule has 0 bridgehead atoms. The van der Waals surface area contributed by atoms with E-state index in [1.807, 2.05) is 19.9 Å². The first kappa shape index (κ1) is 16.3. The molecule has 2 aromatic carbocycles. The highest BCUT2D eigenvalue weighted by atomic mass is 32.2. The minimum Gasteiger partial charge on any atom is -0.418 e. The molecular weight excluding hydrogens is 326 g/mol. The van der Waals surface area contributed by atoms with E-state index in [1.165, 1.54) is 0 Å². The van der Waals surface area contributed by atoms with Crippen molar-refractivity contribution >= 4 is 28.0 Å². The predicted octanol–water partition coefficient (Wildman–Crippen LogP) is 4.42. The van der Waals surface area contributed by atoms with Crippen LogP contribution in [-0.2, 0) is 0 Å². The quantitative estimate of drug-likeness (QED) is 0.657. The van der Waals surface area contributed by atoms with Gasteiger partial charge in [-0.15, -0.1) is 0 Å². The Morgan fingerprint density at radius 3 is 2.79 bits per heavy atom. The highest BCUT2D eigenvalue weighted by Gasteiger charge is 2.12. The van der Waals surface area contributed by atoms with Gasteiger partial charge in [-0.2, -0.15) is 0 Å². The Kier molecular flexibility index (Phi) is 4.66. The van der Waals surface area contributed by atoms with Crippen LogP contribution >= 0.6 is 11.8 Å². The van der Waals surface area contributed by atoms with E-state index >= 15 is 0 Å². The van der Waals surface area contributed by atoms with E-state index in [9.17, 15) is 9.59 Å². The maximum atomic E-state index is 12.1. The van der Waals surface area contributed by atoms with Crippen LogP contribution in [0.1, 0.15) is 12.5 Å². The second-order valence-corrected chi connectivity index (χ2v) is 6.28. The molecule has 3 rings (SSSR count). The van der Waals surface area contributed by atoms with E-state index in [0.29, 0.717) is 28.0 Å². The molecule has 0 atom stereocenters. The van der Waals surface area contributed by atoms with Crippen molar-refractivity contribution < 1.29 is 13.9 Å². The molecule has 6 heteroatoms. The third-order valence-corrected chi connectivity index (χ3v) is 4.03. The summed E-state index contributed by atoms with van der Waals surface area (Å²) in [5, 5.41) is 0.0982. The number of fused-ring (bicyclic) bond motifs is 1. The summed E-state index contributed by atoms with van der Waals surface area (Å²) < 4.78 is 10.6. The van der Waals surface area contributed by atoms with Crippen LogP contribution in [0.3, 0.4) is 0 Å². The molecule has 24 heavy (non-hydrogen) atoms. The fourth-order valence-corrected chi connectivity index (χ4v) is 2.71. The molecule has 0 amide bonds. The van der Waals surface area contributed by atoms with Crippen molar-refractivity contribution in [3.05, 3.63) is 58.4 Å². The Morgan fingerprint density at radius 1 is 1.25 bits per heavy atom. The van der Waals surface area contributed by atoms with E-state index in [2.05, 4.69) is 4.98 Å². The molecule has 0 aliphatic carbocycles. The van der Waals surface area contributed by atoms with Gasteiger partial charge in [0, 0.05) is 11.3 Å². The summed E-state index contributed by atoms with van der Waals surface area (Å²) in [6.07, 6.45) is 0. The van der Waals surface area contributed by atoms with Gasteiger partial charge < -0.3 is 9.15 Å². The Balaban J connectivity index is 1.98. The number of aryl methyl sites for hydroxylation is 1. The molecular formula is C18H15NO4S. The zero-order valence-electron chi connectivity index (χ0n) is 13.2. The number of hydrogen-bond acceptors (Lipinski definition) is 6. The molecule has 3 aromatic rings. The summed E-state index contributed by atoms with van der Waals surface area (Å²) in [6.45, 7) is 3.73. The fraction of sp³-hybridized carbons (Fsp3) is 0.167. The lowest BCUT2D eigenvalue weighted by Gasteiger charge is -2.08. The number of benzene rings is 2. The third-order valence-electron chi connectivity index (χ3n) is 3.43. The first-order chi connectivity index (χ1) is 11.6. The van der Waals surface area contributed by atoms with Crippen LogP contribution in [0.5, 0.6) is 5.75 Å². The molecule has 0 saturated carbocycles. The largest absolute Gasteiger partial charge is 0.418 e. The summed E-state index contributed by atoms with van der Waals surface area (Å²) in [4.78, 5) is 28.0. The van der Waals surface area contributed by atoms with E-state index in [1.54, 1.807) is 36.4 Å². The zero-order valence-corrected chi connectivity index (χ0v) is 14.1. The highest BCUT2D eigenvalue weighted by molar-refractivity contribution is 8.13. The second kappa shape index (κ2) is 6.88. The molecule has 0 aliphatic rings. The predicted molar refractivity (Wildman–Crippen MR) is 94.6 cm³/mol.